The number of rotatable bonds is 2. The quantitative estimate of drug-likeness (QED) is 0.798. The molecule has 3 aliphatic rings. The highest BCUT2D eigenvalue weighted by atomic mass is 16.5. The molecule has 2 N–H and O–H groups in total. The zero-order chi connectivity index (χ0) is 11.7. The molecular formula is C14H26N2O. The Morgan fingerprint density at radius 2 is 1.76 bits per heavy atom. The van der Waals surface area contributed by atoms with Gasteiger partial charge < -0.3 is 10.5 Å². The van der Waals surface area contributed by atoms with Crippen LogP contribution in [-0.2, 0) is 4.74 Å². The fourth-order valence-corrected chi connectivity index (χ4v) is 4.01. The van der Waals surface area contributed by atoms with Crippen LogP contribution in [0.2, 0.25) is 0 Å². The first-order chi connectivity index (χ1) is 8.33. The van der Waals surface area contributed by atoms with Gasteiger partial charge in [-0.05, 0) is 44.9 Å². The summed E-state index contributed by atoms with van der Waals surface area (Å²) < 4.78 is 5.90. The molecular weight excluding hydrogens is 212 g/mol. The van der Waals surface area contributed by atoms with Crippen LogP contribution in [0.1, 0.15) is 51.4 Å². The first kappa shape index (κ1) is 11.9. The normalized spacial score (nSPS) is 43.6. The molecule has 0 saturated carbocycles. The van der Waals surface area contributed by atoms with Crippen LogP contribution in [0.15, 0.2) is 0 Å². The lowest BCUT2D eigenvalue weighted by molar-refractivity contribution is -0.0492. The third-order valence-corrected chi connectivity index (χ3v) is 4.85. The molecule has 0 aromatic heterocycles. The van der Waals surface area contributed by atoms with Crippen LogP contribution >= 0.6 is 0 Å². The van der Waals surface area contributed by atoms with E-state index in [1.807, 2.05) is 0 Å². The average molecular weight is 238 g/mol. The van der Waals surface area contributed by atoms with Crippen LogP contribution in [0.3, 0.4) is 0 Å². The van der Waals surface area contributed by atoms with E-state index >= 15 is 0 Å². The standard InChI is InChI=1S/C14H26N2O/c15-11-8-12-4-3-5-13(9-11)16(12)10-14-6-1-2-7-17-14/h11-14H,1-10,15H2. The second kappa shape index (κ2) is 5.25. The summed E-state index contributed by atoms with van der Waals surface area (Å²) in [6.45, 7) is 2.15. The van der Waals surface area contributed by atoms with Crippen LogP contribution in [0.25, 0.3) is 0 Å². The van der Waals surface area contributed by atoms with E-state index in [2.05, 4.69) is 4.90 Å². The average Bonchev–Trinajstić information content (AvgIpc) is 2.32. The van der Waals surface area contributed by atoms with Crippen molar-refractivity contribution in [1.82, 2.24) is 4.90 Å². The van der Waals surface area contributed by atoms with Gasteiger partial charge in [0.25, 0.3) is 0 Å². The summed E-state index contributed by atoms with van der Waals surface area (Å²) in [5.41, 5.74) is 6.16. The van der Waals surface area contributed by atoms with Gasteiger partial charge in [-0.2, -0.15) is 0 Å². The molecule has 17 heavy (non-hydrogen) atoms. The van der Waals surface area contributed by atoms with E-state index in [9.17, 15) is 0 Å². The fourth-order valence-electron chi connectivity index (χ4n) is 4.01. The maximum absolute atomic E-state index is 6.16. The number of hydrogen-bond donors (Lipinski definition) is 1. The smallest absolute Gasteiger partial charge is 0.0702 e. The van der Waals surface area contributed by atoms with E-state index < -0.39 is 0 Å². The minimum atomic E-state index is 0.453. The number of nitrogens with zero attached hydrogens (tertiary/aromatic N) is 1. The van der Waals surface area contributed by atoms with Gasteiger partial charge in [0.15, 0.2) is 0 Å². The predicted octanol–water partition coefficient (Wildman–Crippen LogP) is 1.90. The maximum atomic E-state index is 6.16. The molecule has 0 aliphatic carbocycles. The number of ether oxygens (including phenoxy) is 1. The molecule has 3 fully saturated rings. The summed E-state index contributed by atoms with van der Waals surface area (Å²) in [5.74, 6) is 0. The van der Waals surface area contributed by atoms with Gasteiger partial charge in [0, 0.05) is 31.3 Å². The van der Waals surface area contributed by atoms with Gasteiger partial charge in [0.05, 0.1) is 6.10 Å². The van der Waals surface area contributed by atoms with Gasteiger partial charge in [0.1, 0.15) is 0 Å². The van der Waals surface area contributed by atoms with Crippen LogP contribution < -0.4 is 5.73 Å². The Balaban J connectivity index is 1.61. The maximum Gasteiger partial charge on any atom is 0.0702 e. The lowest BCUT2D eigenvalue weighted by Crippen LogP contribution is -2.57. The third kappa shape index (κ3) is 2.67. The van der Waals surface area contributed by atoms with Crippen molar-refractivity contribution in [2.75, 3.05) is 13.2 Å². The summed E-state index contributed by atoms with van der Waals surface area (Å²) in [7, 11) is 0. The Hall–Kier alpha value is -0.120. The van der Waals surface area contributed by atoms with Crippen molar-refractivity contribution in [2.45, 2.75) is 75.6 Å². The first-order valence-electron chi connectivity index (χ1n) is 7.46. The van der Waals surface area contributed by atoms with Crippen molar-refractivity contribution in [1.29, 1.82) is 0 Å². The van der Waals surface area contributed by atoms with E-state index in [0.29, 0.717) is 12.1 Å². The van der Waals surface area contributed by atoms with Crippen molar-refractivity contribution in [3.8, 4) is 0 Å². The molecule has 3 heterocycles. The van der Waals surface area contributed by atoms with E-state index in [4.69, 9.17) is 10.5 Å². The fraction of sp³-hybridized carbons (Fsp3) is 1.00. The molecule has 3 saturated heterocycles. The third-order valence-electron chi connectivity index (χ3n) is 4.85. The Labute approximate surface area is 105 Å². The topological polar surface area (TPSA) is 38.5 Å². The minimum Gasteiger partial charge on any atom is -0.377 e. The molecule has 98 valence electrons. The highest BCUT2D eigenvalue weighted by Crippen LogP contribution is 2.34. The Bertz CT molecular complexity index is 239. The number of hydrogen-bond acceptors (Lipinski definition) is 3. The van der Waals surface area contributed by atoms with E-state index in [-0.39, 0.29) is 0 Å². The second-order valence-electron chi connectivity index (χ2n) is 6.16. The Kier molecular flexibility index (Phi) is 3.69. The van der Waals surface area contributed by atoms with Crippen molar-refractivity contribution in [3.05, 3.63) is 0 Å². The summed E-state index contributed by atoms with van der Waals surface area (Å²) in [6.07, 6.45) is 10.9. The van der Waals surface area contributed by atoms with Gasteiger partial charge in [-0.1, -0.05) is 6.42 Å². The molecule has 3 unspecified atom stereocenters. The molecule has 2 bridgehead atoms. The van der Waals surface area contributed by atoms with E-state index in [0.717, 1.165) is 18.7 Å². The Morgan fingerprint density at radius 1 is 1.00 bits per heavy atom. The van der Waals surface area contributed by atoms with Crippen LogP contribution in [0.4, 0.5) is 0 Å². The van der Waals surface area contributed by atoms with Gasteiger partial charge in [0.2, 0.25) is 0 Å². The van der Waals surface area contributed by atoms with Crippen LogP contribution in [0.5, 0.6) is 0 Å². The van der Waals surface area contributed by atoms with E-state index in [1.54, 1.807) is 0 Å². The summed E-state index contributed by atoms with van der Waals surface area (Å²) in [6, 6.07) is 1.96. The van der Waals surface area contributed by atoms with Crippen molar-refractivity contribution in [2.24, 2.45) is 5.73 Å². The molecule has 0 aromatic carbocycles. The largest absolute Gasteiger partial charge is 0.377 e. The highest BCUT2D eigenvalue weighted by molar-refractivity contribution is 4.94. The first-order valence-corrected chi connectivity index (χ1v) is 7.46. The molecule has 3 atom stereocenters. The summed E-state index contributed by atoms with van der Waals surface area (Å²) >= 11 is 0. The lowest BCUT2D eigenvalue weighted by Gasteiger charge is -2.49. The number of nitrogens with two attached hydrogens (primary N) is 1. The van der Waals surface area contributed by atoms with E-state index in [1.165, 1.54) is 57.9 Å². The molecule has 0 amide bonds. The SMILES string of the molecule is NC1CC2CCCC(C1)N2CC1CCCCO1. The van der Waals surface area contributed by atoms with Gasteiger partial charge in [-0.15, -0.1) is 0 Å². The van der Waals surface area contributed by atoms with Crippen LogP contribution in [-0.4, -0.2) is 42.3 Å². The van der Waals surface area contributed by atoms with Crippen LogP contribution in [0, 0.1) is 0 Å². The second-order valence-corrected chi connectivity index (χ2v) is 6.16. The molecule has 0 aromatic rings. The summed E-state index contributed by atoms with van der Waals surface area (Å²) in [4.78, 5) is 2.74. The molecule has 3 heteroatoms. The lowest BCUT2D eigenvalue weighted by atomic mass is 9.81. The molecule has 0 radical (unpaired) electrons. The van der Waals surface area contributed by atoms with Crippen molar-refractivity contribution < 1.29 is 4.74 Å². The van der Waals surface area contributed by atoms with Gasteiger partial charge >= 0.3 is 0 Å². The molecule has 3 nitrogen and oxygen atoms in total. The minimum absolute atomic E-state index is 0.453. The predicted molar refractivity (Wildman–Crippen MR) is 68.9 cm³/mol. The highest BCUT2D eigenvalue weighted by Gasteiger charge is 2.38. The van der Waals surface area contributed by atoms with Gasteiger partial charge in [-0.25, -0.2) is 0 Å². The van der Waals surface area contributed by atoms with Crippen molar-refractivity contribution in [3.63, 3.8) is 0 Å². The van der Waals surface area contributed by atoms with Crippen molar-refractivity contribution >= 4 is 0 Å². The number of piperidine rings is 2. The zero-order valence-electron chi connectivity index (χ0n) is 10.8. The number of fused-ring (bicyclic) bond motifs is 2. The van der Waals surface area contributed by atoms with Gasteiger partial charge in [-0.3, -0.25) is 4.90 Å². The summed E-state index contributed by atoms with van der Waals surface area (Å²) in [5, 5.41) is 0. The molecule has 3 aliphatic heterocycles. The molecule has 3 rings (SSSR count). The Morgan fingerprint density at radius 3 is 2.41 bits per heavy atom. The zero-order valence-corrected chi connectivity index (χ0v) is 10.8. The monoisotopic (exact) mass is 238 g/mol. The molecule has 0 spiro atoms.